The molecular weight excluding hydrogens is 235 g/mol. The van der Waals surface area contributed by atoms with Gasteiger partial charge in [0, 0.05) is 23.9 Å². The molecule has 0 spiro atoms. The average molecular weight is 251 g/mol. The molecule has 1 aliphatic rings. The number of piperidine rings is 1. The summed E-state index contributed by atoms with van der Waals surface area (Å²) >= 11 is 0. The first-order valence-electron chi connectivity index (χ1n) is 5.31. The standard InChI is InChI=1S/C11H16F3NO2/c1-9(2)5-7(16)6-10(3,4)15(9)8(17)11(12,13)14/h5-6H2,1-4H3. The second kappa shape index (κ2) is 3.71. The van der Waals surface area contributed by atoms with Crippen molar-refractivity contribution in [3.8, 4) is 0 Å². The average Bonchev–Trinajstić information content (AvgIpc) is 1.94. The molecule has 0 N–H and O–H groups in total. The van der Waals surface area contributed by atoms with Gasteiger partial charge in [-0.05, 0) is 27.7 Å². The predicted octanol–water partition coefficient (Wildman–Crippen LogP) is 2.30. The number of alkyl halides is 3. The van der Waals surface area contributed by atoms with Crippen molar-refractivity contribution >= 4 is 11.7 Å². The van der Waals surface area contributed by atoms with Crippen molar-refractivity contribution < 1.29 is 22.8 Å². The Morgan fingerprint density at radius 3 is 1.76 bits per heavy atom. The largest absolute Gasteiger partial charge is 0.471 e. The van der Waals surface area contributed by atoms with Gasteiger partial charge in [-0.3, -0.25) is 9.59 Å². The topological polar surface area (TPSA) is 37.4 Å². The maximum absolute atomic E-state index is 12.5. The minimum atomic E-state index is -4.91. The number of carbonyl (C=O) groups is 2. The van der Waals surface area contributed by atoms with Gasteiger partial charge in [-0.15, -0.1) is 0 Å². The van der Waals surface area contributed by atoms with Gasteiger partial charge in [0.05, 0.1) is 0 Å². The number of amides is 1. The molecule has 0 bridgehead atoms. The van der Waals surface area contributed by atoms with Crippen LogP contribution in [0.15, 0.2) is 0 Å². The first-order chi connectivity index (χ1) is 7.38. The first kappa shape index (κ1) is 14.0. The molecule has 6 heteroatoms. The van der Waals surface area contributed by atoms with Gasteiger partial charge in [0.2, 0.25) is 0 Å². The lowest BCUT2D eigenvalue weighted by Gasteiger charge is -2.52. The Labute approximate surface area is 98.0 Å². The molecule has 0 saturated carbocycles. The summed E-state index contributed by atoms with van der Waals surface area (Å²) in [6, 6.07) is 0. The van der Waals surface area contributed by atoms with Crippen molar-refractivity contribution in [1.82, 2.24) is 4.90 Å². The number of hydrogen-bond acceptors (Lipinski definition) is 2. The summed E-state index contributed by atoms with van der Waals surface area (Å²) in [6.07, 6.45) is -4.99. The molecule has 0 aromatic rings. The molecule has 17 heavy (non-hydrogen) atoms. The lowest BCUT2D eigenvalue weighted by molar-refractivity contribution is -0.201. The van der Waals surface area contributed by atoms with Crippen LogP contribution in [0.5, 0.6) is 0 Å². The van der Waals surface area contributed by atoms with Crippen molar-refractivity contribution in [3.63, 3.8) is 0 Å². The van der Waals surface area contributed by atoms with Gasteiger partial charge in [0.15, 0.2) is 0 Å². The minimum absolute atomic E-state index is 0.0434. The fraction of sp³-hybridized carbons (Fsp3) is 0.818. The number of likely N-dealkylation sites (tertiary alicyclic amines) is 1. The zero-order valence-corrected chi connectivity index (χ0v) is 10.3. The number of Topliss-reactive ketones (excluding diaryl/α,β-unsaturated/α-hetero) is 1. The highest BCUT2D eigenvalue weighted by molar-refractivity contribution is 5.88. The van der Waals surface area contributed by atoms with Crippen molar-refractivity contribution in [2.24, 2.45) is 0 Å². The highest BCUT2D eigenvalue weighted by atomic mass is 19.4. The van der Waals surface area contributed by atoms with Crippen LogP contribution in [0.4, 0.5) is 13.2 Å². The molecule has 1 rings (SSSR count). The smallest absolute Gasteiger partial charge is 0.324 e. The van der Waals surface area contributed by atoms with E-state index >= 15 is 0 Å². The molecule has 0 atom stereocenters. The third kappa shape index (κ3) is 2.61. The van der Waals surface area contributed by atoms with Gasteiger partial charge >= 0.3 is 12.1 Å². The summed E-state index contributed by atoms with van der Waals surface area (Å²) in [7, 11) is 0. The molecular formula is C11H16F3NO2. The summed E-state index contributed by atoms with van der Waals surface area (Å²) < 4.78 is 37.6. The van der Waals surface area contributed by atoms with Crippen LogP contribution in [0.25, 0.3) is 0 Å². The van der Waals surface area contributed by atoms with E-state index < -0.39 is 23.2 Å². The lowest BCUT2D eigenvalue weighted by atomic mass is 9.79. The third-order valence-electron chi connectivity index (χ3n) is 2.92. The molecule has 1 aliphatic heterocycles. The zero-order chi connectivity index (χ0) is 13.6. The lowest BCUT2D eigenvalue weighted by Crippen LogP contribution is -2.65. The Morgan fingerprint density at radius 1 is 1.12 bits per heavy atom. The Kier molecular flexibility index (Phi) is 3.06. The third-order valence-corrected chi connectivity index (χ3v) is 2.92. The van der Waals surface area contributed by atoms with Crippen molar-refractivity contribution in [1.29, 1.82) is 0 Å². The molecule has 0 aromatic carbocycles. The molecule has 1 fully saturated rings. The number of hydrogen-bond donors (Lipinski definition) is 0. The molecule has 1 saturated heterocycles. The Hall–Kier alpha value is -1.07. The van der Waals surface area contributed by atoms with E-state index in [0.717, 1.165) is 4.90 Å². The second-order valence-corrected chi connectivity index (χ2v) is 5.66. The van der Waals surface area contributed by atoms with Gasteiger partial charge in [-0.25, -0.2) is 0 Å². The molecule has 1 heterocycles. The van der Waals surface area contributed by atoms with E-state index in [4.69, 9.17) is 0 Å². The number of halogens is 3. The maximum atomic E-state index is 12.5. The minimum Gasteiger partial charge on any atom is -0.324 e. The molecule has 1 amide bonds. The first-order valence-corrected chi connectivity index (χ1v) is 5.31. The van der Waals surface area contributed by atoms with Crippen molar-refractivity contribution in [2.75, 3.05) is 0 Å². The number of nitrogens with zero attached hydrogens (tertiary/aromatic N) is 1. The predicted molar refractivity (Wildman–Crippen MR) is 55.3 cm³/mol. The second-order valence-electron chi connectivity index (χ2n) is 5.66. The fourth-order valence-corrected chi connectivity index (χ4v) is 2.68. The van der Waals surface area contributed by atoms with E-state index in [1.54, 1.807) is 0 Å². The summed E-state index contributed by atoms with van der Waals surface area (Å²) in [6.45, 7) is 5.93. The van der Waals surface area contributed by atoms with Crippen LogP contribution in [0, 0.1) is 0 Å². The van der Waals surface area contributed by atoms with Crippen LogP contribution in [0.2, 0.25) is 0 Å². The fourth-order valence-electron chi connectivity index (χ4n) is 2.68. The molecule has 98 valence electrons. The van der Waals surface area contributed by atoms with Gasteiger partial charge < -0.3 is 4.90 Å². The van der Waals surface area contributed by atoms with Crippen LogP contribution in [-0.2, 0) is 9.59 Å². The van der Waals surface area contributed by atoms with Crippen LogP contribution in [-0.4, -0.2) is 33.8 Å². The van der Waals surface area contributed by atoms with E-state index in [2.05, 4.69) is 0 Å². The summed E-state index contributed by atoms with van der Waals surface area (Å²) in [5.41, 5.74) is -2.21. The number of rotatable bonds is 0. The van der Waals surface area contributed by atoms with Gasteiger partial charge in [-0.2, -0.15) is 13.2 Å². The Balaban J connectivity index is 3.18. The van der Waals surface area contributed by atoms with Gasteiger partial charge in [0.25, 0.3) is 0 Å². The highest BCUT2D eigenvalue weighted by Gasteiger charge is 2.54. The monoisotopic (exact) mass is 251 g/mol. The molecule has 0 aliphatic carbocycles. The Bertz CT molecular complexity index is 338. The summed E-state index contributed by atoms with van der Waals surface area (Å²) in [4.78, 5) is 23.7. The molecule has 0 radical (unpaired) electrons. The molecule has 0 aromatic heterocycles. The van der Waals surface area contributed by atoms with E-state index in [-0.39, 0.29) is 18.6 Å². The van der Waals surface area contributed by atoms with Crippen LogP contribution < -0.4 is 0 Å². The summed E-state index contributed by atoms with van der Waals surface area (Å²) in [5, 5.41) is 0. The highest BCUT2D eigenvalue weighted by Crippen LogP contribution is 2.39. The van der Waals surface area contributed by atoms with Crippen LogP contribution >= 0.6 is 0 Å². The summed E-state index contributed by atoms with van der Waals surface area (Å²) in [5.74, 6) is -1.99. The van der Waals surface area contributed by atoms with E-state index in [1.165, 1.54) is 27.7 Å². The Morgan fingerprint density at radius 2 is 1.47 bits per heavy atom. The SMILES string of the molecule is CC1(C)CC(=O)CC(C)(C)N1C(=O)C(F)(F)F. The van der Waals surface area contributed by atoms with Gasteiger partial charge in [-0.1, -0.05) is 0 Å². The zero-order valence-electron chi connectivity index (χ0n) is 10.3. The van der Waals surface area contributed by atoms with Crippen LogP contribution in [0.1, 0.15) is 40.5 Å². The normalized spacial score (nSPS) is 23.7. The number of ketones is 1. The maximum Gasteiger partial charge on any atom is 0.471 e. The van der Waals surface area contributed by atoms with Crippen LogP contribution in [0.3, 0.4) is 0 Å². The molecule has 0 unspecified atom stereocenters. The van der Waals surface area contributed by atoms with E-state index in [9.17, 15) is 22.8 Å². The van der Waals surface area contributed by atoms with Crippen molar-refractivity contribution in [2.45, 2.75) is 57.8 Å². The van der Waals surface area contributed by atoms with E-state index in [1.807, 2.05) is 0 Å². The quantitative estimate of drug-likeness (QED) is 0.662. The number of carbonyl (C=O) groups excluding carboxylic acids is 2. The van der Waals surface area contributed by atoms with E-state index in [0.29, 0.717) is 0 Å². The van der Waals surface area contributed by atoms with Gasteiger partial charge in [0.1, 0.15) is 5.78 Å². The molecule has 3 nitrogen and oxygen atoms in total. The van der Waals surface area contributed by atoms with Crippen molar-refractivity contribution in [3.05, 3.63) is 0 Å².